The summed E-state index contributed by atoms with van der Waals surface area (Å²) in [5.74, 6) is 0.557. The predicted molar refractivity (Wildman–Crippen MR) is 119 cm³/mol. The Hall–Kier alpha value is -3.43. The molecule has 1 aliphatic carbocycles. The number of carbonyl (C=O) groups excluding carboxylic acids is 1. The van der Waals surface area contributed by atoms with Crippen molar-refractivity contribution in [1.82, 2.24) is 9.71 Å². The zero-order valence-electron chi connectivity index (χ0n) is 17.4. The minimum atomic E-state index is -3.65. The van der Waals surface area contributed by atoms with Gasteiger partial charge in [-0.25, -0.2) is 13.1 Å². The van der Waals surface area contributed by atoms with E-state index in [4.69, 9.17) is 9.47 Å². The van der Waals surface area contributed by atoms with Gasteiger partial charge in [0.1, 0.15) is 6.61 Å². The predicted octanol–water partition coefficient (Wildman–Crippen LogP) is 3.36. The third kappa shape index (κ3) is 5.43. The van der Waals surface area contributed by atoms with E-state index in [1.807, 2.05) is 12.1 Å². The Bertz CT molecular complexity index is 1210. The first kappa shape index (κ1) is 21.8. The summed E-state index contributed by atoms with van der Waals surface area (Å²) in [6, 6.07) is 14.7. The summed E-state index contributed by atoms with van der Waals surface area (Å²) in [4.78, 5) is 16.8. The molecule has 0 bridgehead atoms. The number of aromatic nitrogens is 1. The molecule has 32 heavy (non-hydrogen) atoms. The Morgan fingerprint density at radius 3 is 2.56 bits per heavy atom. The lowest BCUT2D eigenvalue weighted by atomic mass is 10.2. The van der Waals surface area contributed by atoms with E-state index in [0.29, 0.717) is 23.8 Å². The van der Waals surface area contributed by atoms with Gasteiger partial charge in [-0.2, -0.15) is 0 Å². The van der Waals surface area contributed by atoms with Gasteiger partial charge < -0.3 is 14.8 Å². The minimum absolute atomic E-state index is 0.0117. The van der Waals surface area contributed by atoms with E-state index in [1.165, 1.54) is 19.2 Å². The highest BCUT2D eigenvalue weighted by Gasteiger charge is 2.28. The lowest BCUT2D eigenvalue weighted by Crippen LogP contribution is -2.26. The lowest BCUT2D eigenvalue weighted by molar-refractivity contribution is 0.102. The van der Waals surface area contributed by atoms with E-state index >= 15 is 0 Å². The first-order chi connectivity index (χ1) is 15.4. The molecule has 2 aromatic carbocycles. The second kappa shape index (κ2) is 9.37. The summed E-state index contributed by atoms with van der Waals surface area (Å²) in [7, 11) is -2.11. The minimum Gasteiger partial charge on any atom is -0.493 e. The molecule has 3 aromatic rings. The van der Waals surface area contributed by atoms with Crippen LogP contribution in [0.3, 0.4) is 0 Å². The van der Waals surface area contributed by atoms with Crippen molar-refractivity contribution in [1.29, 1.82) is 0 Å². The number of methoxy groups -OCH3 is 1. The number of benzene rings is 2. The van der Waals surface area contributed by atoms with Gasteiger partial charge in [0.25, 0.3) is 5.91 Å². The van der Waals surface area contributed by atoms with Gasteiger partial charge in [0.2, 0.25) is 10.0 Å². The van der Waals surface area contributed by atoms with Crippen LogP contribution >= 0.6 is 0 Å². The Kier molecular flexibility index (Phi) is 6.38. The first-order valence-corrected chi connectivity index (χ1v) is 11.6. The number of nitrogens with one attached hydrogen (secondary N) is 2. The van der Waals surface area contributed by atoms with Gasteiger partial charge >= 0.3 is 0 Å². The van der Waals surface area contributed by atoms with Crippen LogP contribution in [0.1, 0.15) is 28.8 Å². The van der Waals surface area contributed by atoms with Gasteiger partial charge in [-0.1, -0.05) is 6.07 Å². The van der Waals surface area contributed by atoms with Crippen molar-refractivity contribution in [3.63, 3.8) is 0 Å². The van der Waals surface area contributed by atoms with E-state index in [-0.39, 0.29) is 16.5 Å². The van der Waals surface area contributed by atoms with E-state index < -0.39 is 15.9 Å². The zero-order chi connectivity index (χ0) is 22.6. The summed E-state index contributed by atoms with van der Waals surface area (Å²) in [6.45, 7) is 0.310. The van der Waals surface area contributed by atoms with Gasteiger partial charge in [0.15, 0.2) is 11.5 Å². The average Bonchev–Trinajstić information content (AvgIpc) is 3.62. The largest absolute Gasteiger partial charge is 0.493 e. The molecule has 166 valence electrons. The van der Waals surface area contributed by atoms with Crippen LogP contribution < -0.4 is 19.5 Å². The molecular formula is C23H23N3O5S. The number of carbonyl (C=O) groups is 1. The number of rotatable bonds is 9. The number of ether oxygens (including phenoxy) is 2. The maximum atomic E-state index is 12.8. The van der Waals surface area contributed by atoms with Crippen LogP contribution in [-0.4, -0.2) is 32.5 Å². The molecule has 1 amide bonds. The van der Waals surface area contributed by atoms with Crippen LogP contribution in [0.25, 0.3) is 0 Å². The Morgan fingerprint density at radius 1 is 1.06 bits per heavy atom. The standard InChI is InChI=1S/C23H23N3O5S/c1-30-21-8-7-19(14-22(21)31-15-16-9-11-24-12-10-16)25-23(27)17-3-2-4-20(13-17)32(28,29)26-18-5-6-18/h2-4,7-14,18,26H,5-6,15H2,1H3,(H,25,27). The number of pyridine rings is 1. The van der Waals surface area contributed by atoms with Crippen molar-refractivity contribution < 1.29 is 22.7 Å². The molecule has 1 fully saturated rings. The molecular weight excluding hydrogens is 430 g/mol. The highest BCUT2D eigenvalue weighted by atomic mass is 32.2. The number of hydrogen-bond acceptors (Lipinski definition) is 6. The monoisotopic (exact) mass is 453 g/mol. The zero-order valence-corrected chi connectivity index (χ0v) is 18.3. The summed E-state index contributed by atoms with van der Waals surface area (Å²) in [5, 5.41) is 2.78. The molecule has 1 heterocycles. The van der Waals surface area contributed by atoms with Crippen LogP contribution in [0.5, 0.6) is 11.5 Å². The fourth-order valence-electron chi connectivity index (χ4n) is 3.00. The van der Waals surface area contributed by atoms with E-state index in [2.05, 4.69) is 15.0 Å². The lowest BCUT2D eigenvalue weighted by Gasteiger charge is -2.13. The van der Waals surface area contributed by atoms with Crippen LogP contribution in [0.4, 0.5) is 5.69 Å². The van der Waals surface area contributed by atoms with Crippen molar-refractivity contribution in [3.8, 4) is 11.5 Å². The first-order valence-electron chi connectivity index (χ1n) is 10.1. The molecule has 0 atom stereocenters. The topological polar surface area (TPSA) is 107 Å². The fraction of sp³-hybridized carbons (Fsp3) is 0.217. The van der Waals surface area contributed by atoms with Gasteiger partial charge in [-0.15, -0.1) is 0 Å². The summed E-state index contributed by atoms with van der Waals surface area (Å²) in [5.41, 5.74) is 1.66. The van der Waals surface area contributed by atoms with Gasteiger partial charge in [0.05, 0.1) is 12.0 Å². The molecule has 1 saturated carbocycles. The second-order valence-corrected chi connectivity index (χ2v) is 9.10. The van der Waals surface area contributed by atoms with Gasteiger partial charge in [0, 0.05) is 35.8 Å². The third-order valence-electron chi connectivity index (χ3n) is 4.87. The SMILES string of the molecule is COc1ccc(NC(=O)c2cccc(S(=O)(=O)NC3CC3)c2)cc1OCc1ccncc1. The summed E-state index contributed by atoms with van der Waals surface area (Å²) < 4.78 is 38.7. The molecule has 1 aromatic heterocycles. The highest BCUT2D eigenvalue weighted by molar-refractivity contribution is 7.89. The van der Waals surface area contributed by atoms with Crippen molar-refractivity contribution in [3.05, 3.63) is 78.1 Å². The quantitative estimate of drug-likeness (QED) is 0.515. The van der Waals surface area contributed by atoms with Crippen LogP contribution in [0.15, 0.2) is 71.9 Å². The number of sulfonamides is 1. The summed E-state index contributed by atoms with van der Waals surface area (Å²) in [6.07, 6.45) is 5.03. The van der Waals surface area contributed by atoms with Crippen LogP contribution in [-0.2, 0) is 16.6 Å². The van der Waals surface area contributed by atoms with E-state index in [1.54, 1.807) is 42.7 Å². The molecule has 0 unspecified atom stereocenters. The Morgan fingerprint density at radius 2 is 1.84 bits per heavy atom. The van der Waals surface area contributed by atoms with Crippen molar-refractivity contribution in [2.75, 3.05) is 12.4 Å². The van der Waals surface area contributed by atoms with Crippen LogP contribution in [0, 0.1) is 0 Å². The van der Waals surface area contributed by atoms with Crippen molar-refractivity contribution in [2.45, 2.75) is 30.4 Å². The average molecular weight is 454 g/mol. The molecule has 0 saturated heterocycles. The fourth-order valence-corrected chi connectivity index (χ4v) is 4.35. The smallest absolute Gasteiger partial charge is 0.255 e. The Labute approximate surface area is 186 Å². The molecule has 0 radical (unpaired) electrons. The molecule has 0 spiro atoms. The molecule has 9 heteroatoms. The number of amides is 1. The normalized spacial score (nSPS) is 13.4. The van der Waals surface area contributed by atoms with E-state index in [0.717, 1.165) is 18.4 Å². The van der Waals surface area contributed by atoms with Gasteiger partial charge in [-0.05, 0) is 60.9 Å². The maximum absolute atomic E-state index is 12.8. The molecule has 8 nitrogen and oxygen atoms in total. The summed E-state index contributed by atoms with van der Waals surface area (Å²) >= 11 is 0. The maximum Gasteiger partial charge on any atom is 0.255 e. The Balaban J connectivity index is 1.48. The van der Waals surface area contributed by atoms with Crippen LogP contribution in [0.2, 0.25) is 0 Å². The highest BCUT2D eigenvalue weighted by Crippen LogP contribution is 2.31. The van der Waals surface area contributed by atoms with E-state index in [9.17, 15) is 13.2 Å². The molecule has 0 aliphatic heterocycles. The third-order valence-corrected chi connectivity index (χ3v) is 6.39. The van der Waals surface area contributed by atoms with Crippen molar-refractivity contribution >= 4 is 21.6 Å². The number of nitrogens with zero attached hydrogens (tertiary/aromatic N) is 1. The molecule has 1 aliphatic rings. The number of anilines is 1. The molecule has 2 N–H and O–H groups in total. The molecule has 4 rings (SSSR count). The van der Waals surface area contributed by atoms with Gasteiger partial charge in [-0.3, -0.25) is 9.78 Å². The number of hydrogen-bond donors (Lipinski definition) is 2. The second-order valence-electron chi connectivity index (χ2n) is 7.39. The van der Waals surface area contributed by atoms with Crippen molar-refractivity contribution in [2.24, 2.45) is 0 Å².